The molecule has 154 valence electrons. The summed E-state index contributed by atoms with van der Waals surface area (Å²) in [6.45, 7) is 0. The quantitative estimate of drug-likeness (QED) is 0.406. The number of benzene rings is 2. The van der Waals surface area contributed by atoms with E-state index >= 15 is 0 Å². The third kappa shape index (κ3) is 3.81. The Labute approximate surface area is 180 Å². The van der Waals surface area contributed by atoms with Gasteiger partial charge in [0, 0.05) is 48.6 Å². The zero-order valence-corrected chi connectivity index (χ0v) is 17.6. The number of rotatable bonds is 3. The number of nitrogens with two attached hydrogens (primary N) is 1. The van der Waals surface area contributed by atoms with Crippen molar-refractivity contribution in [2.45, 2.75) is 0 Å². The van der Waals surface area contributed by atoms with Crippen molar-refractivity contribution in [3.05, 3.63) is 83.9 Å². The second kappa shape index (κ2) is 8.25. The molecule has 0 bridgehead atoms. The third-order valence-electron chi connectivity index (χ3n) is 5.20. The lowest BCUT2D eigenvalue weighted by Crippen LogP contribution is -2.08. The summed E-state index contributed by atoms with van der Waals surface area (Å²) in [5.74, 6) is 5.66. The van der Waals surface area contributed by atoms with Crippen LogP contribution >= 0.6 is 0 Å². The van der Waals surface area contributed by atoms with Gasteiger partial charge in [-0.2, -0.15) is 0 Å². The van der Waals surface area contributed by atoms with E-state index in [0.29, 0.717) is 5.69 Å². The summed E-state index contributed by atoms with van der Waals surface area (Å²) in [5.41, 5.74) is 9.94. The largest absolute Gasteiger partial charge is 0.465 e. The summed E-state index contributed by atoms with van der Waals surface area (Å²) in [5, 5.41) is 2.11. The number of nitrogen functional groups attached to an aromatic ring is 1. The number of ether oxygens (including phenoxy) is 1. The fourth-order valence-electron chi connectivity index (χ4n) is 3.48. The molecular weight excluding hydrogens is 388 g/mol. The summed E-state index contributed by atoms with van der Waals surface area (Å²) in [6.07, 6.45) is 3.55. The van der Waals surface area contributed by atoms with E-state index in [1.54, 1.807) is 0 Å². The van der Waals surface area contributed by atoms with E-state index in [0.717, 1.165) is 27.8 Å². The molecule has 0 spiro atoms. The van der Waals surface area contributed by atoms with Crippen LogP contribution < -0.4 is 10.6 Å². The van der Waals surface area contributed by atoms with Gasteiger partial charge in [0.05, 0.1) is 18.4 Å². The van der Waals surface area contributed by atoms with E-state index in [1.807, 2.05) is 43.1 Å². The number of fused-ring (bicyclic) bond motifs is 1. The zero-order chi connectivity index (χ0) is 22.0. The van der Waals surface area contributed by atoms with Gasteiger partial charge in [0.25, 0.3) is 0 Å². The topological polar surface area (TPSA) is 73.4 Å². The monoisotopic (exact) mass is 410 g/mol. The maximum atomic E-state index is 11.9. The SMILES string of the molecule is COC(=O)c1ccnc(C#Cc2c3ccc(N(C)c4ccccc4)cc3cn2C)c1N. The van der Waals surface area contributed by atoms with Gasteiger partial charge in [-0.05, 0) is 48.2 Å². The highest BCUT2D eigenvalue weighted by molar-refractivity contribution is 5.96. The van der Waals surface area contributed by atoms with Crippen LogP contribution in [0, 0.1) is 11.8 Å². The average Bonchev–Trinajstić information content (AvgIpc) is 3.12. The molecule has 0 saturated carbocycles. The number of carbonyl (C=O) groups is 1. The fraction of sp³-hybridized carbons (Fsp3) is 0.120. The van der Waals surface area contributed by atoms with Crippen LogP contribution in [0.25, 0.3) is 10.8 Å². The molecule has 6 heteroatoms. The average molecular weight is 410 g/mol. The Balaban J connectivity index is 1.71. The van der Waals surface area contributed by atoms with E-state index in [2.05, 4.69) is 52.1 Å². The summed E-state index contributed by atoms with van der Waals surface area (Å²) in [4.78, 5) is 18.2. The molecule has 0 unspecified atom stereocenters. The molecule has 4 rings (SSSR count). The molecular formula is C25H22N4O2. The van der Waals surface area contributed by atoms with Crippen LogP contribution in [0.3, 0.4) is 0 Å². The van der Waals surface area contributed by atoms with E-state index in [9.17, 15) is 4.79 Å². The predicted molar refractivity (Wildman–Crippen MR) is 123 cm³/mol. The Hall–Kier alpha value is -4.24. The van der Waals surface area contributed by atoms with Gasteiger partial charge in [-0.1, -0.05) is 18.2 Å². The smallest absolute Gasteiger partial charge is 0.340 e. The van der Waals surface area contributed by atoms with E-state index in [1.165, 1.54) is 19.4 Å². The Morgan fingerprint density at radius 3 is 2.61 bits per heavy atom. The highest BCUT2D eigenvalue weighted by atomic mass is 16.5. The van der Waals surface area contributed by atoms with Crippen LogP contribution in [0.2, 0.25) is 0 Å². The van der Waals surface area contributed by atoms with E-state index in [4.69, 9.17) is 10.5 Å². The molecule has 0 atom stereocenters. The van der Waals surface area contributed by atoms with Crippen molar-refractivity contribution in [1.29, 1.82) is 0 Å². The van der Waals surface area contributed by atoms with Crippen molar-refractivity contribution in [2.75, 3.05) is 24.8 Å². The first-order valence-corrected chi connectivity index (χ1v) is 9.72. The summed E-state index contributed by atoms with van der Waals surface area (Å²) in [6, 6.07) is 18.0. The van der Waals surface area contributed by atoms with Crippen molar-refractivity contribution >= 4 is 33.8 Å². The molecule has 0 aliphatic carbocycles. The maximum Gasteiger partial charge on any atom is 0.340 e. The molecule has 0 amide bonds. The van der Waals surface area contributed by atoms with Crippen LogP contribution in [0.15, 0.2) is 67.0 Å². The van der Waals surface area contributed by atoms with Gasteiger partial charge < -0.3 is 19.9 Å². The van der Waals surface area contributed by atoms with Crippen LogP contribution in [0.1, 0.15) is 21.7 Å². The van der Waals surface area contributed by atoms with Gasteiger partial charge in [0.15, 0.2) is 0 Å². The Bertz CT molecular complexity index is 1330. The van der Waals surface area contributed by atoms with Gasteiger partial charge in [-0.3, -0.25) is 0 Å². The molecule has 0 saturated heterocycles. The number of aryl methyl sites for hydroxylation is 1. The molecule has 0 aliphatic rings. The number of anilines is 3. The van der Waals surface area contributed by atoms with E-state index in [-0.39, 0.29) is 11.3 Å². The number of esters is 1. The number of pyridine rings is 1. The summed E-state index contributed by atoms with van der Waals surface area (Å²) >= 11 is 0. The lowest BCUT2D eigenvalue weighted by atomic mass is 10.1. The minimum atomic E-state index is -0.512. The molecule has 0 aliphatic heterocycles. The maximum absolute atomic E-state index is 11.9. The molecule has 0 radical (unpaired) electrons. The third-order valence-corrected chi connectivity index (χ3v) is 5.20. The molecule has 6 nitrogen and oxygen atoms in total. The van der Waals surface area contributed by atoms with Crippen molar-refractivity contribution in [2.24, 2.45) is 7.05 Å². The van der Waals surface area contributed by atoms with Crippen molar-refractivity contribution in [1.82, 2.24) is 9.55 Å². The van der Waals surface area contributed by atoms with Crippen LogP contribution in [0.5, 0.6) is 0 Å². The first-order chi connectivity index (χ1) is 15.0. The van der Waals surface area contributed by atoms with Crippen molar-refractivity contribution in [3.63, 3.8) is 0 Å². The molecule has 31 heavy (non-hydrogen) atoms. The standard InChI is InChI=1S/C25H22N4O2/c1-28-16-17-15-19(29(2)18-7-5-4-6-8-18)9-10-20(17)23(28)12-11-22-24(26)21(13-14-27-22)25(30)31-3/h4-10,13-16H,26H2,1-3H3. The number of nitrogens with zero attached hydrogens (tertiary/aromatic N) is 3. The molecule has 2 aromatic heterocycles. The predicted octanol–water partition coefficient (Wildman–Crippen LogP) is 4.11. The second-order valence-corrected chi connectivity index (χ2v) is 7.12. The van der Waals surface area contributed by atoms with Gasteiger partial charge in [0.2, 0.25) is 0 Å². The molecule has 2 aromatic carbocycles. The summed E-state index contributed by atoms with van der Waals surface area (Å²) in [7, 11) is 5.31. The minimum absolute atomic E-state index is 0.215. The molecule has 4 aromatic rings. The summed E-state index contributed by atoms with van der Waals surface area (Å²) < 4.78 is 6.74. The molecule has 0 fully saturated rings. The number of para-hydroxylation sites is 1. The van der Waals surface area contributed by atoms with Gasteiger partial charge in [-0.15, -0.1) is 0 Å². The van der Waals surface area contributed by atoms with Gasteiger partial charge in [-0.25, -0.2) is 9.78 Å². The van der Waals surface area contributed by atoms with Crippen molar-refractivity contribution in [3.8, 4) is 11.8 Å². The van der Waals surface area contributed by atoms with Crippen molar-refractivity contribution < 1.29 is 9.53 Å². The first kappa shape index (κ1) is 20.0. The highest BCUT2D eigenvalue weighted by Crippen LogP contribution is 2.29. The Morgan fingerprint density at radius 1 is 1.10 bits per heavy atom. The Morgan fingerprint density at radius 2 is 1.87 bits per heavy atom. The van der Waals surface area contributed by atoms with Crippen LogP contribution in [0.4, 0.5) is 17.1 Å². The normalized spacial score (nSPS) is 10.4. The van der Waals surface area contributed by atoms with Gasteiger partial charge >= 0.3 is 5.97 Å². The van der Waals surface area contributed by atoms with Crippen LogP contribution in [-0.4, -0.2) is 29.7 Å². The number of aromatic nitrogens is 2. The highest BCUT2D eigenvalue weighted by Gasteiger charge is 2.13. The lowest BCUT2D eigenvalue weighted by molar-refractivity contribution is 0.0602. The number of methoxy groups -OCH3 is 1. The van der Waals surface area contributed by atoms with Gasteiger partial charge in [0.1, 0.15) is 11.4 Å². The molecule has 2 N–H and O–H groups in total. The van der Waals surface area contributed by atoms with E-state index < -0.39 is 5.97 Å². The Kier molecular flexibility index (Phi) is 5.33. The van der Waals surface area contributed by atoms with Crippen LogP contribution in [-0.2, 0) is 11.8 Å². The number of carbonyl (C=O) groups excluding carboxylic acids is 1. The molecule has 2 heterocycles. The lowest BCUT2D eigenvalue weighted by Gasteiger charge is -2.19. The zero-order valence-electron chi connectivity index (χ0n) is 17.6. The number of hydrogen-bond acceptors (Lipinski definition) is 5. The fourth-order valence-corrected chi connectivity index (χ4v) is 3.48. The second-order valence-electron chi connectivity index (χ2n) is 7.12. The first-order valence-electron chi connectivity index (χ1n) is 9.72. The minimum Gasteiger partial charge on any atom is -0.465 e. The number of hydrogen-bond donors (Lipinski definition) is 1.